The molecule has 1 N–H and O–H groups in total. The van der Waals surface area contributed by atoms with Crippen LogP contribution in [0, 0.1) is 10.1 Å². The minimum Gasteiger partial charge on any atom is -0.394 e. The summed E-state index contributed by atoms with van der Waals surface area (Å²) in [7, 11) is 0. The molecule has 150 valence electrons. The molecule has 0 amide bonds. The van der Waals surface area contributed by atoms with Crippen molar-refractivity contribution in [2.24, 2.45) is 10.2 Å². The van der Waals surface area contributed by atoms with E-state index in [0.717, 1.165) is 37.9 Å². The van der Waals surface area contributed by atoms with E-state index < -0.39 is 4.92 Å². The number of aliphatic hydroxyl groups is 1. The average molecular weight is 384 g/mol. The molecular weight excluding hydrogens is 356 g/mol. The van der Waals surface area contributed by atoms with Gasteiger partial charge in [-0.25, -0.2) is 0 Å². The van der Waals surface area contributed by atoms with Crippen LogP contribution in [0.2, 0.25) is 0 Å². The fourth-order valence-corrected chi connectivity index (χ4v) is 3.00. The Morgan fingerprint density at radius 3 is 2.04 bits per heavy atom. The van der Waals surface area contributed by atoms with Crippen molar-refractivity contribution in [3.8, 4) is 0 Å². The average Bonchev–Trinajstić information content (AvgIpc) is 2.72. The van der Waals surface area contributed by atoms with Crippen LogP contribution in [0.25, 0.3) is 0 Å². The SMILES string of the molecule is CCCCN(c1ccc(N=Nc2ccc([N+](=O)[O-])cc2)cc1)C(CO)CCC. The van der Waals surface area contributed by atoms with Crippen molar-refractivity contribution < 1.29 is 10.0 Å². The maximum absolute atomic E-state index is 10.7. The molecule has 28 heavy (non-hydrogen) atoms. The molecule has 1 atom stereocenters. The fraction of sp³-hybridized carbons (Fsp3) is 0.429. The van der Waals surface area contributed by atoms with E-state index in [1.165, 1.54) is 12.1 Å². The topological polar surface area (TPSA) is 91.3 Å². The molecule has 0 aliphatic heterocycles. The van der Waals surface area contributed by atoms with E-state index in [2.05, 4.69) is 29.0 Å². The van der Waals surface area contributed by atoms with Crippen molar-refractivity contribution in [3.05, 3.63) is 58.6 Å². The Morgan fingerprint density at radius 1 is 1.00 bits per heavy atom. The summed E-state index contributed by atoms with van der Waals surface area (Å²) in [6.45, 7) is 5.33. The summed E-state index contributed by atoms with van der Waals surface area (Å²) >= 11 is 0. The Hall–Kier alpha value is -2.80. The van der Waals surface area contributed by atoms with Gasteiger partial charge in [0, 0.05) is 24.4 Å². The molecule has 0 heterocycles. The number of non-ortho nitro benzene ring substituents is 1. The minimum atomic E-state index is -0.442. The monoisotopic (exact) mass is 384 g/mol. The number of anilines is 1. The lowest BCUT2D eigenvalue weighted by molar-refractivity contribution is -0.384. The highest BCUT2D eigenvalue weighted by atomic mass is 16.6. The van der Waals surface area contributed by atoms with Gasteiger partial charge in [-0.05, 0) is 49.2 Å². The van der Waals surface area contributed by atoms with Gasteiger partial charge in [0.05, 0.1) is 28.9 Å². The number of nitro benzene ring substituents is 1. The Bertz CT molecular complexity index is 760. The lowest BCUT2D eigenvalue weighted by Crippen LogP contribution is -2.38. The molecule has 2 aromatic rings. The first-order valence-electron chi connectivity index (χ1n) is 9.72. The molecule has 0 saturated carbocycles. The number of azo groups is 1. The normalized spacial score (nSPS) is 12.2. The molecule has 7 nitrogen and oxygen atoms in total. The molecule has 0 saturated heterocycles. The Kier molecular flexibility index (Phi) is 8.55. The highest BCUT2D eigenvalue weighted by Gasteiger charge is 2.17. The lowest BCUT2D eigenvalue weighted by Gasteiger charge is -2.32. The molecule has 0 bridgehead atoms. The number of hydrogen-bond acceptors (Lipinski definition) is 6. The van der Waals surface area contributed by atoms with Crippen molar-refractivity contribution in [1.29, 1.82) is 0 Å². The van der Waals surface area contributed by atoms with Crippen molar-refractivity contribution in [2.45, 2.75) is 45.6 Å². The van der Waals surface area contributed by atoms with Gasteiger partial charge in [0.2, 0.25) is 0 Å². The zero-order chi connectivity index (χ0) is 20.4. The molecule has 0 aromatic heterocycles. The molecule has 1 unspecified atom stereocenters. The van der Waals surface area contributed by atoms with Crippen LogP contribution < -0.4 is 4.90 Å². The van der Waals surface area contributed by atoms with Crippen molar-refractivity contribution in [3.63, 3.8) is 0 Å². The molecule has 0 radical (unpaired) electrons. The van der Waals surface area contributed by atoms with Gasteiger partial charge >= 0.3 is 0 Å². The van der Waals surface area contributed by atoms with Crippen LogP contribution in [-0.2, 0) is 0 Å². The number of nitrogens with zero attached hydrogens (tertiary/aromatic N) is 4. The highest BCUT2D eigenvalue weighted by molar-refractivity contribution is 5.54. The maximum Gasteiger partial charge on any atom is 0.269 e. The summed E-state index contributed by atoms with van der Waals surface area (Å²) < 4.78 is 0. The maximum atomic E-state index is 10.7. The quantitative estimate of drug-likeness (QED) is 0.302. The highest BCUT2D eigenvalue weighted by Crippen LogP contribution is 2.25. The van der Waals surface area contributed by atoms with Crippen molar-refractivity contribution in [1.82, 2.24) is 0 Å². The smallest absolute Gasteiger partial charge is 0.269 e. The Labute approximate surface area is 165 Å². The molecule has 0 fully saturated rings. The molecule has 0 aliphatic rings. The van der Waals surface area contributed by atoms with Gasteiger partial charge in [0.1, 0.15) is 0 Å². The molecule has 2 aromatic carbocycles. The van der Waals surface area contributed by atoms with E-state index in [9.17, 15) is 15.2 Å². The van der Waals surface area contributed by atoms with Gasteiger partial charge in [0.15, 0.2) is 0 Å². The zero-order valence-corrected chi connectivity index (χ0v) is 16.5. The van der Waals surface area contributed by atoms with E-state index in [1.54, 1.807) is 12.1 Å². The number of benzene rings is 2. The molecule has 2 rings (SSSR count). The first-order chi connectivity index (χ1) is 13.6. The molecular formula is C21H28N4O3. The zero-order valence-electron chi connectivity index (χ0n) is 16.5. The first kappa shape index (κ1) is 21.5. The molecule has 0 aliphatic carbocycles. The van der Waals surface area contributed by atoms with E-state index in [-0.39, 0.29) is 18.3 Å². The van der Waals surface area contributed by atoms with Crippen LogP contribution >= 0.6 is 0 Å². The van der Waals surface area contributed by atoms with E-state index >= 15 is 0 Å². The first-order valence-corrected chi connectivity index (χ1v) is 9.72. The number of hydrogen-bond donors (Lipinski definition) is 1. The van der Waals surface area contributed by atoms with Gasteiger partial charge in [-0.1, -0.05) is 26.7 Å². The predicted octanol–water partition coefficient (Wildman–Crippen LogP) is 5.78. The third-order valence-electron chi connectivity index (χ3n) is 4.55. The van der Waals surface area contributed by atoms with Gasteiger partial charge in [-0.2, -0.15) is 10.2 Å². The predicted molar refractivity (Wildman–Crippen MR) is 112 cm³/mol. The van der Waals surface area contributed by atoms with Gasteiger partial charge in [-0.3, -0.25) is 10.1 Å². The van der Waals surface area contributed by atoms with Gasteiger partial charge in [0.25, 0.3) is 5.69 Å². The summed E-state index contributed by atoms with van der Waals surface area (Å²) in [4.78, 5) is 12.5. The Balaban J connectivity index is 2.11. The fourth-order valence-electron chi connectivity index (χ4n) is 3.00. The summed E-state index contributed by atoms with van der Waals surface area (Å²) in [5, 5.41) is 28.8. The largest absolute Gasteiger partial charge is 0.394 e. The Morgan fingerprint density at radius 2 is 1.57 bits per heavy atom. The second-order valence-electron chi connectivity index (χ2n) is 6.66. The van der Waals surface area contributed by atoms with Crippen molar-refractivity contribution in [2.75, 3.05) is 18.1 Å². The molecule has 0 spiro atoms. The minimum absolute atomic E-state index is 0.0287. The lowest BCUT2D eigenvalue weighted by atomic mass is 10.1. The van der Waals surface area contributed by atoms with Gasteiger partial charge < -0.3 is 10.0 Å². The second-order valence-corrected chi connectivity index (χ2v) is 6.66. The summed E-state index contributed by atoms with van der Waals surface area (Å²) in [5.41, 5.74) is 2.35. The van der Waals surface area contributed by atoms with Crippen molar-refractivity contribution >= 4 is 22.7 Å². The number of rotatable bonds is 11. The number of unbranched alkanes of at least 4 members (excludes halogenated alkanes) is 1. The van der Waals surface area contributed by atoms with Crippen LogP contribution in [0.5, 0.6) is 0 Å². The number of aliphatic hydroxyl groups excluding tert-OH is 1. The van der Waals surface area contributed by atoms with Crippen LogP contribution in [0.3, 0.4) is 0 Å². The summed E-state index contributed by atoms with van der Waals surface area (Å²) in [6, 6.07) is 13.9. The van der Waals surface area contributed by atoms with Crippen LogP contribution in [0.15, 0.2) is 58.8 Å². The third kappa shape index (κ3) is 6.13. The van der Waals surface area contributed by atoms with E-state index in [0.29, 0.717) is 11.4 Å². The number of nitro groups is 1. The molecule has 7 heteroatoms. The second kappa shape index (κ2) is 11.1. The van der Waals surface area contributed by atoms with E-state index in [4.69, 9.17) is 0 Å². The standard InChI is InChI=1S/C21H28N4O3/c1-3-5-15-24(21(16-26)6-4-2)19-11-7-17(8-12-19)22-23-18-9-13-20(14-10-18)25(27)28/h7-14,21,26H,3-6,15-16H2,1-2H3. The van der Waals surface area contributed by atoms with Crippen LogP contribution in [-0.4, -0.2) is 29.2 Å². The third-order valence-corrected chi connectivity index (χ3v) is 4.55. The summed E-state index contributed by atoms with van der Waals surface area (Å²) in [6.07, 6.45) is 4.14. The van der Waals surface area contributed by atoms with E-state index in [1.807, 2.05) is 24.3 Å². The summed E-state index contributed by atoms with van der Waals surface area (Å²) in [5.74, 6) is 0. The van der Waals surface area contributed by atoms with Crippen LogP contribution in [0.4, 0.5) is 22.7 Å². The van der Waals surface area contributed by atoms with Crippen LogP contribution in [0.1, 0.15) is 39.5 Å². The van der Waals surface area contributed by atoms with Gasteiger partial charge in [-0.15, -0.1) is 0 Å².